The molecule has 1 atom stereocenters. The Balaban J connectivity index is 1.81. The standard InChI is InChI=1S/C13H10BrN3O3/c1-7(20-13(18)10-3-2-4-19-10)11-16-9-5-8(14)6-15-12(9)17-11/h2-7H,1H3,(H,15,16,17)/t7-/m0/s1. The van der Waals surface area contributed by atoms with Crippen LogP contribution < -0.4 is 0 Å². The number of aromatic nitrogens is 3. The van der Waals surface area contributed by atoms with Gasteiger partial charge in [-0.2, -0.15) is 0 Å². The van der Waals surface area contributed by atoms with Crippen LogP contribution in [0.5, 0.6) is 0 Å². The van der Waals surface area contributed by atoms with E-state index < -0.39 is 12.1 Å². The van der Waals surface area contributed by atoms with E-state index in [1.165, 1.54) is 6.26 Å². The molecule has 0 aliphatic rings. The topological polar surface area (TPSA) is 81.0 Å². The number of H-pyrrole nitrogens is 1. The number of fused-ring (bicyclic) bond motifs is 1. The second-order valence-corrected chi connectivity index (χ2v) is 5.09. The van der Waals surface area contributed by atoms with Crippen molar-refractivity contribution in [3.05, 3.63) is 46.7 Å². The molecule has 0 unspecified atom stereocenters. The fourth-order valence-corrected chi connectivity index (χ4v) is 2.09. The van der Waals surface area contributed by atoms with Crippen LogP contribution in [0.25, 0.3) is 11.2 Å². The molecule has 0 aliphatic carbocycles. The third-order valence-corrected chi connectivity index (χ3v) is 3.15. The quantitative estimate of drug-likeness (QED) is 0.743. The van der Waals surface area contributed by atoms with Crippen molar-refractivity contribution in [2.75, 3.05) is 0 Å². The van der Waals surface area contributed by atoms with Gasteiger partial charge < -0.3 is 14.1 Å². The molecule has 3 heterocycles. The molecule has 3 aromatic rings. The molecule has 0 radical (unpaired) electrons. The van der Waals surface area contributed by atoms with Crippen LogP contribution in [0.2, 0.25) is 0 Å². The van der Waals surface area contributed by atoms with E-state index in [2.05, 4.69) is 30.9 Å². The Morgan fingerprint density at radius 2 is 2.40 bits per heavy atom. The number of carbonyl (C=O) groups excluding carboxylic acids is 1. The smallest absolute Gasteiger partial charge is 0.374 e. The SMILES string of the molecule is C[C@H](OC(=O)c1ccco1)c1nc2ncc(Br)cc2[nH]1. The fraction of sp³-hybridized carbons (Fsp3) is 0.154. The number of ether oxygens (including phenoxy) is 1. The van der Waals surface area contributed by atoms with Crippen molar-refractivity contribution in [3.63, 3.8) is 0 Å². The van der Waals surface area contributed by atoms with Crippen molar-refractivity contribution in [3.8, 4) is 0 Å². The van der Waals surface area contributed by atoms with Gasteiger partial charge in [-0.05, 0) is 41.1 Å². The summed E-state index contributed by atoms with van der Waals surface area (Å²) in [5.41, 5.74) is 1.35. The van der Waals surface area contributed by atoms with Gasteiger partial charge in [0.05, 0.1) is 11.8 Å². The van der Waals surface area contributed by atoms with Crippen LogP contribution >= 0.6 is 15.9 Å². The van der Waals surface area contributed by atoms with Crippen LogP contribution in [0.3, 0.4) is 0 Å². The number of imidazole rings is 1. The molecule has 0 aromatic carbocycles. The number of furan rings is 1. The summed E-state index contributed by atoms with van der Waals surface area (Å²) >= 11 is 3.34. The predicted octanol–water partition coefficient (Wildman–Crippen LogP) is 3.23. The zero-order valence-electron chi connectivity index (χ0n) is 10.5. The number of nitrogens with one attached hydrogen (secondary N) is 1. The van der Waals surface area contributed by atoms with Crippen LogP contribution in [-0.4, -0.2) is 20.9 Å². The number of nitrogens with zero attached hydrogens (tertiary/aromatic N) is 2. The van der Waals surface area contributed by atoms with Crippen molar-refractivity contribution in [2.24, 2.45) is 0 Å². The third-order valence-electron chi connectivity index (χ3n) is 2.71. The van der Waals surface area contributed by atoms with E-state index in [-0.39, 0.29) is 5.76 Å². The summed E-state index contributed by atoms with van der Waals surface area (Å²) in [6.07, 6.45) is 2.55. The lowest BCUT2D eigenvalue weighted by Crippen LogP contribution is -2.09. The van der Waals surface area contributed by atoms with Crippen LogP contribution in [0, 0.1) is 0 Å². The molecule has 0 saturated carbocycles. The summed E-state index contributed by atoms with van der Waals surface area (Å²) in [4.78, 5) is 23.3. The highest BCUT2D eigenvalue weighted by molar-refractivity contribution is 9.10. The minimum atomic E-state index is -0.530. The number of halogens is 1. The summed E-state index contributed by atoms with van der Waals surface area (Å²) in [6.45, 7) is 1.73. The first-order chi connectivity index (χ1) is 9.63. The van der Waals surface area contributed by atoms with Gasteiger partial charge in [-0.15, -0.1) is 0 Å². The van der Waals surface area contributed by atoms with Crippen LogP contribution in [0.1, 0.15) is 29.4 Å². The van der Waals surface area contributed by atoms with E-state index in [0.717, 1.165) is 9.99 Å². The average molecular weight is 336 g/mol. The average Bonchev–Trinajstić information content (AvgIpc) is 3.07. The Bertz CT molecular complexity index is 751. The van der Waals surface area contributed by atoms with Gasteiger partial charge >= 0.3 is 5.97 Å². The highest BCUT2D eigenvalue weighted by atomic mass is 79.9. The Morgan fingerprint density at radius 3 is 3.15 bits per heavy atom. The maximum Gasteiger partial charge on any atom is 0.374 e. The van der Waals surface area contributed by atoms with E-state index in [1.807, 2.05) is 6.07 Å². The molecule has 3 aromatic heterocycles. The summed E-state index contributed by atoms with van der Waals surface area (Å²) < 4.78 is 11.1. The Hall–Kier alpha value is -2.15. The molecule has 20 heavy (non-hydrogen) atoms. The maximum atomic E-state index is 11.8. The predicted molar refractivity (Wildman–Crippen MR) is 74.1 cm³/mol. The molecule has 0 spiro atoms. The first-order valence-corrected chi connectivity index (χ1v) is 6.68. The minimum Gasteiger partial charge on any atom is -0.457 e. The number of esters is 1. The van der Waals surface area contributed by atoms with Gasteiger partial charge in [0.2, 0.25) is 5.76 Å². The van der Waals surface area contributed by atoms with Gasteiger partial charge in [-0.25, -0.2) is 14.8 Å². The van der Waals surface area contributed by atoms with Crippen molar-refractivity contribution in [2.45, 2.75) is 13.0 Å². The van der Waals surface area contributed by atoms with Crippen molar-refractivity contribution in [1.82, 2.24) is 15.0 Å². The summed E-state index contributed by atoms with van der Waals surface area (Å²) in [5, 5.41) is 0. The normalized spacial score (nSPS) is 12.5. The van der Waals surface area contributed by atoms with Crippen molar-refractivity contribution >= 4 is 33.1 Å². The summed E-state index contributed by atoms with van der Waals surface area (Å²) in [7, 11) is 0. The van der Waals surface area contributed by atoms with Crippen LogP contribution in [0.15, 0.2) is 39.5 Å². The number of hydrogen-bond donors (Lipinski definition) is 1. The van der Waals surface area contributed by atoms with Gasteiger partial charge in [0, 0.05) is 10.7 Å². The monoisotopic (exact) mass is 335 g/mol. The number of aromatic amines is 1. The largest absolute Gasteiger partial charge is 0.457 e. The lowest BCUT2D eigenvalue weighted by atomic mass is 10.4. The molecular formula is C13H10BrN3O3. The summed E-state index contributed by atoms with van der Waals surface area (Å²) in [6, 6.07) is 5.04. The minimum absolute atomic E-state index is 0.161. The Morgan fingerprint density at radius 1 is 1.55 bits per heavy atom. The first-order valence-electron chi connectivity index (χ1n) is 5.89. The number of pyridine rings is 1. The molecule has 0 amide bonds. The van der Waals surface area contributed by atoms with E-state index in [0.29, 0.717) is 11.5 Å². The van der Waals surface area contributed by atoms with E-state index in [4.69, 9.17) is 9.15 Å². The molecule has 1 N–H and O–H groups in total. The molecule has 3 rings (SSSR count). The van der Waals surface area contributed by atoms with Gasteiger partial charge in [0.1, 0.15) is 5.82 Å². The van der Waals surface area contributed by atoms with E-state index in [9.17, 15) is 4.79 Å². The van der Waals surface area contributed by atoms with Crippen molar-refractivity contribution < 1.29 is 13.9 Å². The van der Waals surface area contributed by atoms with E-state index >= 15 is 0 Å². The third kappa shape index (κ3) is 2.44. The first kappa shape index (κ1) is 12.9. The molecule has 7 heteroatoms. The van der Waals surface area contributed by atoms with Gasteiger partial charge in [-0.1, -0.05) is 0 Å². The second kappa shape index (κ2) is 5.09. The maximum absolute atomic E-state index is 11.8. The van der Waals surface area contributed by atoms with Crippen molar-refractivity contribution in [1.29, 1.82) is 0 Å². The molecular weight excluding hydrogens is 326 g/mol. The molecule has 6 nitrogen and oxygen atoms in total. The van der Waals surface area contributed by atoms with Crippen LogP contribution in [-0.2, 0) is 4.74 Å². The number of rotatable bonds is 3. The number of hydrogen-bond acceptors (Lipinski definition) is 5. The molecule has 0 aliphatic heterocycles. The highest BCUT2D eigenvalue weighted by Crippen LogP contribution is 2.21. The summed E-state index contributed by atoms with van der Waals surface area (Å²) in [5.74, 6) is 0.163. The van der Waals surface area contributed by atoms with Crippen LogP contribution in [0.4, 0.5) is 0 Å². The highest BCUT2D eigenvalue weighted by Gasteiger charge is 2.18. The number of carbonyl (C=O) groups is 1. The van der Waals surface area contributed by atoms with Gasteiger partial charge in [-0.3, -0.25) is 0 Å². The lowest BCUT2D eigenvalue weighted by molar-refractivity contribution is 0.0286. The molecule has 0 saturated heterocycles. The molecule has 0 bridgehead atoms. The zero-order valence-corrected chi connectivity index (χ0v) is 12.0. The Labute approximate surface area is 122 Å². The molecule has 102 valence electrons. The van der Waals surface area contributed by atoms with Gasteiger partial charge in [0.25, 0.3) is 0 Å². The zero-order chi connectivity index (χ0) is 14.1. The fourth-order valence-electron chi connectivity index (χ4n) is 1.75. The molecule has 0 fully saturated rings. The second-order valence-electron chi connectivity index (χ2n) is 4.17. The Kier molecular flexibility index (Phi) is 3.27. The lowest BCUT2D eigenvalue weighted by Gasteiger charge is -2.08. The van der Waals surface area contributed by atoms with Gasteiger partial charge in [0.15, 0.2) is 11.8 Å². The van der Waals surface area contributed by atoms with E-state index in [1.54, 1.807) is 25.3 Å².